The molecule has 0 aromatic carbocycles. The van der Waals surface area contributed by atoms with Gasteiger partial charge in [0.1, 0.15) is 0 Å². The lowest BCUT2D eigenvalue weighted by Gasteiger charge is -2.07. The van der Waals surface area contributed by atoms with Gasteiger partial charge in [-0.05, 0) is 18.8 Å². The van der Waals surface area contributed by atoms with E-state index in [0.29, 0.717) is 0 Å². The predicted octanol–water partition coefficient (Wildman–Crippen LogP) is 1.49. The Bertz CT molecular complexity index is 76.2. The standard InChI is InChI=1S/C6H11N/c1-6-3-2-4-7-5-6/h5-6H,2-4H2,1H3/t6-/m1/s1. The van der Waals surface area contributed by atoms with E-state index in [9.17, 15) is 0 Å². The molecule has 1 rings (SSSR count). The van der Waals surface area contributed by atoms with Crippen LogP contribution in [0.5, 0.6) is 0 Å². The van der Waals surface area contributed by atoms with E-state index in [-0.39, 0.29) is 0 Å². The summed E-state index contributed by atoms with van der Waals surface area (Å²) in [4.78, 5) is 4.13. The Labute approximate surface area is 44.5 Å². The fourth-order valence-corrected chi connectivity index (χ4v) is 0.834. The zero-order valence-corrected chi connectivity index (χ0v) is 4.72. The summed E-state index contributed by atoms with van der Waals surface area (Å²) in [6, 6.07) is 0. The molecule has 0 amide bonds. The van der Waals surface area contributed by atoms with Crippen LogP contribution in [0.3, 0.4) is 0 Å². The van der Waals surface area contributed by atoms with Crippen LogP contribution < -0.4 is 0 Å². The van der Waals surface area contributed by atoms with Crippen molar-refractivity contribution in [2.45, 2.75) is 19.8 Å². The molecule has 0 spiro atoms. The molecule has 0 aromatic rings. The third kappa shape index (κ3) is 1.30. The van der Waals surface area contributed by atoms with Crippen LogP contribution in [0.15, 0.2) is 4.99 Å². The molecule has 1 atom stereocenters. The van der Waals surface area contributed by atoms with Crippen LogP contribution in [-0.2, 0) is 0 Å². The molecule has 0 aliphatic carbocycles. The maximum atomic E-state index is 4.13. The second kappa shape index (κ2) is 2.10. The second-order valence-electron chi connectivity index (χ2n) is 2.17. The summed E-state index contributed by atoms with van der Waals surface area (Å²) in [5.74, 6) is 0.744. The highest BCUT2D eigenvalue weighted by Crippen LogP contribution is 2.06. The lowest BCUT2D eigenvalue weighted by Crippen LogP contribution is -2.02. The van der Waals surface area contributed by atoms with Gasteiger partial charge in [0.05, 0.1) is 0 Å². The van der Waals surface area contributed by atoms with Crippen molar-refractivity contribution in [3.05, 3.63) is 0 Å². The van der Waals surface area contributed by atoms with E-state index >= 15 is 0 Å². The third-order valence-electron chi connectivity index (χ3n) is 1.31. The minimum Gasteiger partial charge on any atom is -0.297 e. The van der Waals surface area contributed by atoms with Gasteiger partial charge in [-0.15, -0.1) is 0 Å². The Kier molecular flexibility index (Phi) is 1.45. The molecule has 0 bridgehead atoms. The van der Waals surface area contributed by atoms with Gasteiger partial charge in [-0.1, -0.05) is 6.92 Å². The Balaban J connectivity index is 2.36. The van der Waals surface area contributed by atoms with Crippen molar-refractivity contribution in [1.82, 2.24) is 0 Å². The van der Waals surface area contributed by atoms with Crippen LogP contribution in [-0.4, -0.2) is 12.8 Å². The smallest absolute Gasteiger partial charge is 0.0385 e. The summed E-state index contributed by atoms with van der Waals surface area (Å²) in [6.07, 6.45) is 4.69. The fourth-order valence-electron chi connectivity index (χ4n) is 0.834. The highest BCUT2D eigenvalue weighted by Gasteiger charge is 2.00. The van der Waals surface area contributed by atoms with E-state index in [1.54, 1.807) is 0 Å². The van der Waals surface area contributed by atoms with Crippen molar-refractivity contribution >= 4 is 6.21 Å². The van der Waals surface area contributed by atoms with Gasteiger partial charge < -0.3 is 0 Å². The molecule has 1 heteroatoms. The molecule has 1 aliphatic rings. The van der Waals surface area contributed by atoms with Crippen molar-refractivity contribution in [1.29, 1.82) is 0 Å². The molecule has 0 saturated heterocycles. The van der Waals surface area contributed by atoms with Gasteiger partial charge in [0, 0.05) is 12.8 Å². The molecule has 0 unspecified atom stereocenters. The Morgan fingerprint density at radius 3 is 2.86 bits per heavy atom. The molecule has 0 aromatic heterocycles. The average molecular weight is 97.2 g/mol. The van der Waals surface area contributed by atoms with E-state index in [2.05, 4.69) is 18.1 Å². The first-order chi connectivity index (χ1) is 3.39. The van der Waals surface area contributed by atoms with Crippen molar-refractivity contribution in [2.75, 3.05) is 6.54 Å². The number of nitrogens with zero attached hydrogens (tertiary/aromatic N) is 1. The van der Waals surface area contributed by atoms with E-state index in [1.807, 2.05) is 0 Å². The Hall–Kier alpha value is -0.330. The van der Waals surface area contributed by atoms with Gasteiger partial charge >= 0.3 is 0 Å². The lowest BCUT2D eigenvalue weighted by molar-refractivity contribution is 0.622. The maximum absolute atomic E-state index is 4.13. The van der Waals surface area contributed by atoms with Crippen LogP contribution in [0.1, 0.15) is 19.8 Å². The first kappa shape index (κ1) is 4.82. The maximum Gasteiger partial charge on any atom is 0.0385 e. The third-order valence-corrected chi connectivity index (χ3v) is 1.31. The van der Waals surface area contributed by atoms with Crippen LogP contribution in [0.2, 0.25) is 0 Å². The monoisotopic (exact) mass is 97.1 g/mol. The molecule has 0 saturated carbocycles. The van der Waals surface area contributed by atoms with Crippen LogP contribution in [0, 0.1) is 5.92 Å². The largest absolute Gasteiger partial charge is 0.297 e. The summed E-state index contributed by atoms with van der Waals surface area (Å²) < 4.78 is 0. The molecule has 0 radical (unpaired) electrons. The number of aliphatic imine (C=N–C) groups is 1. The molecule has 1 aliphatic heterocycles. The zero-order chi connectivity index (χ0) is 5.11. The lowest BCUT2D eigenvalue weighted by atomic mass is 10.1. The normalized spacial score (nSPS) is 30.7. The van der Waals surface area contributed by atoms with Gasteiger partial charge in [-0.25, -0.2) is 0 Å². The van der Waals surface area contributed by atoms with Gasteiger partial charge in [0.15, 0.2) is 0 Å². The van der Waals surface area contributed by atoms with Crippen LogP contribution in [0.4, 0.5) is 0 Å². The van der Waals surface area contributed by atoms with E-state index < -0.39 is 0 Å². The highest BCUT2D eigenvalue weighted by atomic mass is 14.7. The number of hydrogen-bond donors (Lipinski definition) is 0. The topological polar surface area (TPSA) is 12.4 Å². The summed E-state index contributed by atoms with van der Waals surface area (Å²) in [6.45, 7) is 3.27. The molecule has 1 nitrogen and oxygen atoms in total. The number of hydrogen-bond acceptors (Lipinski definition) is 1. The molecular weight excluding hydrogens is 86.1 g/mol. The van der Waals surface area contributed by atoms with Gasteiger partial charge in [-0.2, -0.15) is 0 Å². The van der Waals surface area contributed by atoms with Gasteiger partial charge in [0.2, 0.25) is 0 Å². The summed E-state index contributed by atoms with van der Waals surface area (Å²) >= 11 is 0. The molecule has 1 heterocycles. The SMILES string of the molecule is C[C@H]1C=NCCC1. The Morgan fingerprint density at radius 2 is 2.57 bits per heavy atom. The molecule has 40 valence electrons. The highest BCUT2D eigenvalue weighted by molar-refractivity contribution is 5.60. The number of rotatable bonds is 0. The van der Waals surface area contributed by atoms with Crippen molar-refractivity contribution < 1.29 is 0 Å². The summed E-state index contributed by atoms with van der Waals surface area (Å²) in [7, 11) is 0. The van der Waals surface area contributed by atoms with Gasteiger partial charge in [-0.3, -0.25) is 4.99 Å². The first-order valence-corrected chi connectivity index (χ1v) is 2.89. The van der Waals surface area contributed by atoms with Crippen molar-refractivity contribution in [3.63, 3.8) is 0 Å². The molecule has 7 heavy (non-hydrogen) atoms. The van der Waals surface area contributed by atoms with Crippen molar-refractivity contribution in [2.24, 2.45) is 10.9 Å². The predicted molar refractivity (Wildman–Crippen MR) is 31.8 cm³/mol. The van der Waals surface area contributed by atoms with E-state index in [4.69, 9.17) is 0 Å². The second-order valence-corrected chi connectivity index (χ2v) is 2.17. The fraction of sp³-hybridized carbons (Fsp3) is 0.833. The van der Waals surface area contributed by atoms with E-state index in [1.165, 1.54) is 12.8 Å². The summed E-state index contributed by atoms with van der Waals surface area (Å²) in [5, 5.41) is 0. The quantitative estimate of drug-likeness (QED) is 0.434. The van der Waals surface area contributed by atoms with Crippen LogP contribution >= 0.6 is 0 Å². The minimum atomic E-state index is 0.744. The molecule has 0 N–H and O–H groups in total. The minimum absolute atomic E-state index is 0.744. The van der Waals surface area contributed by atoms with Crippen molar-refractivity contribution in [3.8, 4) is 0 Å². The Morgan fingerprint density at radius 1 is 1.71 bits per heavy atom. The molecule has 0 fully saturated rings. The summed E-state index contributed by atoms with van der Waals surface area (Å²) in [5.41, 5.74) is 0. The first-order valence-electron chi connectivity index (χ1n) is 2.89. The molecular formula is C6H11N. The zero-order valence-electron chi connectivity index (χ0n) is 4.72. The van der Waals surface area contributed by atoms with Gasteiger partial charge in [0.25, 0.3) is 0 Å². The van der Waals surface area contributed by atoms with E-state index in [0.717, 1.165) is 12.5 Å². The average Bonchev–Trinajstić information content (AvgIpc) is 1.69. The van der Waals surface area contributed by atoms with Crippen LogP contribution in [0.25, 0.3) is 0 Å².